The van der Waals surface area contributed by atoms with Gasteiger partial charge in [0, 0.05) is 24.1 Å². The highest BCUT2D eigenvalue weighted by Gasteiger charge is 2.28. The summed E-state index contributed by atoms with van der Waals surface area (Å²) in [7, 11) is -3.50. The normalized spacial score (nSPS) is 18.4. The van der Waals surface area contributed by atoms with Crippen molar-refractivity contribution < 1.29 is 18.3 Å². The van der Waals surface area contributed by atoms with Gasteiger partial charge in [0.15, 0.2) is 5.71 Å². The van der Waals surface area contributed by atoms with Gasteiger partial charge in [-0.15, -0.1) is 0 Å². The third-order valence-corrected chi connectivity index (χ3v) is 5.52. The SMILES string of the molecule is CC(C)(C)C(=[NH+][O-])c1ccc(S(=O)(=O)N2CCOCC2)cc1. The molecule has 1 aromatic carbocycles. The van der Waals surface area contributed by atoms with E-state index in [1.54, 1.807) is 24.3 Å². The first kappa shape index (κ1) is 16.9. The van der Waals surface area contributed by atoms with E-state index in [9.17, 15) is 13.6 Å². The van der Waals surface area contributed by atoms with Crippen LogP contribution in [0.2, 0.25) is 0 Å². The third kappa shape index (κ3) is 3.48. The summed E-state index contributed by atoms with van der Waals surface area (Å²) in [5.74, 6) is 0. The van der Waals surface area contributed by atoms with Crippen LogP contribution in [0.15, 0.2) is 29.2 Å². The van der Waals surface area contributed by atoms with Gasteiger partial charge in [0.1, 0.15) is 0 Å². The fraction of sp³-hybridized carbons (Fsp3) is 0.533. The second kappa shape index (κ2) is 6.36. The Kier molecular flexibility index (Phi) is 4.89. The van der Waals surface area contributed by atoms with Gasteiger partial charge in [0.2, 0.25) is 10.0 Å². The fourth-order valence-electron chi connectivity index (χ4n) is 2.37. The standard InChI is InChI=1S/C15H22N2O4S/c1-15(2,3)14(16-18)12-4-6-13(7-5-12)22(19,20)17-8-10-21-11-9-17/h4-7,16H,8-11H2,1-3H3. The van der Waals surface area contributed by atoms with E-state index in [1.807, 2.05) is 25.9 Å². The largest absolute Gasteiger partial charge is 0.625 e. The number of hydrogen-bond donors (Lipinski definition) is 1. The molecule has 0 radical (unpaired) electrons. The Morgan fingerprint density at radius 2 is 1.73 bits per heavy atom. The van der Waals surface area contributed by atoms with Crippen molar-refractivity contribution in [1.29, 1.82) is 0 Å². The zero-order chi connectivity index (χ0) is 16.4. The number of sulfonamides is 1. The van der Waals surface area contributed by atoms with Crippen LogP contribution < -0.4 is 5.16 Å². The molecule has 1 aromatic rings. The highest BCUT2D eigenvalue weighted by molar-refractivity contribution is 7.89. The molecule has 1 saturated heterocycles. The molecule has 0 atom stereocenters. The Labute approximate surface area is 131 Å². The van der Waals surface area contributed by atoms with Crippen LogP contribution in [-0.4, -0.2) is 44.7 Å². The molecule has 0 amide bonds. The lowest BCUT2D eigenvalue weighted by atomic mass is 9.86. The molecule has 1 N–H and O–H groups in total. The molecule has 0 bridgehead atoms. The highest BCUT2D eigenvalue weighted by atomic mass is 32.2. The molecule has 122 valence electrons. The van der Waals surface area contributed by atoms with Crippen molar-refractivity contribution in [3.05, 3.63) is 35.0 Å². The maximum absolute atomic E-state index is 12.5. The summed E-state index contributed by atoms with van der Waals surface area (Å²) in [5.41, 5.74) is 0.887. The topological polar surface area (TPSA) is 83.6 Å². The molecule has 22 heavy (non-hydrogen) atoms. The Morgan fingerprint density at radius 1 is 1.18 bits per heavy atom. The minimum atomic E-state index is -3.50. The maximum Gasteiger partial charge on any atom is 0.243 e. The van der Waals surface area contributed by atoms with Crippen LogP contribution in [0.3, 0.4) is 0 Å². The van der Waals surface area contributed by atoms with Crippen LogP contribution in [0.1, 0.15) is 26.3 Å². The molecule has 0 aromatic heterocycles. The summed E-state index contributed by atoms with van der Waals surface area (Å²) in [6, 6.07) is 6.42. The minimum Gasteiger partial charge on any atom is -0.625 e. The Balaban J connectivity index is 2.29. The monoisotopic (exact) mass is 326 g/mol. The molecular weight excluding hydrogens is 304 g/mol. The van der Waals surface area contributed by atoms with Crippen LogP contribution in [0.25, 0.3) is 0 Å². The van der Waals surface area contributed by atoms with Crippen LogP contribution in [-0.2, 0) is 14.8 Å². The molecule has 0 saturated carbocycles. The minimum absolute atomic E-state index is 0.234. The number of rotatable bonds is 3. The van der Waals surface area contributed by atoms with E-state index in [0.717, 1.165) is 0 Å². The number of benzene rings is 1. The van der Waals surface area contributed by atoms with Gasteiger partial charge in [0.25, 0.3) is 0 Å². The summed E-state index contributed by atoms with van der Waals surface area (Å²) in [4.78, 5) is 0.234. The maximum atomic E-state index is 12.5. The quantitative estimate of drug-likeness (QED) is 0.486. The lowest BCUT2D eigenvalue weighted by Gasteiger charge is -2.26. The van der Waals surface area contributed by atoms with E-state index >= 15 is 0 Å². The van der Waals surface area contributed by atoms with Crippen LogP contribution in [0, 0.1) is 10.6 Å². The number of hydrogen-bond acceptors (Lipinski definition) is 4. The van der Waals surface area contributed by atoms with Gasteiger partial charge in [0.05, 0.1) is 18.1 Å². The molecule has 1 aliphatic heterocycles. The number of nitrogens with one attached hydrogen (secondary N) is 1. The van der Waals surface area contributed by atoms with Gasteiger partial charge in [-0.2, -0.15) is 4.31 Å². The molecule has 1 fully saturated rings. The average Bonchev–Trinajstić information content (AvgIpc) is 2.48. The first-order valence-electron chi connectivity index (χ1n) is 7.21. The van der Waals surface area contributed by atoms with E-state index in [-0.39, 0.29) is 10.3 Å². The lowest BCUT2D eigenvalue weighted by molar-refractivity contribution is -0.377. The Hall–Kier alpha value is -1.44. The van der Waals surface area contributed by atoms with Crippen LogP contribution in [0.5, 0.6) is 0 Å². The molecule has 7 heteroatoms. The molecule has 6 nitrogen and oxygen atoms in total. The molecule has 0 spiro atoms. The average molecular weight is 326 g/mol. The van der Waals surface area contributed by atoms with Crippen molar-refractivity contribution in [2.45, 2.75) is 25.7 Å². The molecule has 1 heterocycles. The molecule has 2 rings (SSSR count). The van der Waals surface area contributed by atoms with Gasteiger partial charge in [-0.1, -0.05) is 20.8 Å². The van der Waals surface area contributed by atoms with Gasteiger partial charge >= 0.3 is 0 Å². The smallest absolute Gasteiger partial charge is 0.243 e. The van der Waals surface area contributed by atoms with Crippen molar-refractivity contribution in [3.63, 3.8) is 0 Å². The van der Waals surface area contributed by atoms with E-state index in [2.05, 4.69) is 0 Å². The Bertz CT molecular complexity index is 639. The highest BCUT2D eigenvalue weighted by Crippen LogP contribution is 2.22. The molecule has 0 aliphatic carbocycles. The summed E-state index contributed by atoms with van der Waals surface area (Å²) >= 11 is 0. The molecule has 0 unspecified atom stereocenters. The number of morpholine rings is 1. The van der Waals surface area contributed by atoms with Gasteiger partial charge in [-0.3, -0.25) is 0 Å². The third-order valence-electron chi connectivity index (χ3n) is 3.60. The number of ether oxygens (including phenoxy) is 1. The summed E-state index contributed by atoms with van der Waals surface area (Å²) in [5, 5.41) is 13.1. The lowest BCUT2D eigenvalue weighted by Crippen LogP contribution is -2.69. The number of nitrogens with zero attached hydrogens (tertiary/aromatic N) is 1. The van der Waals surface area contributed by atoms with E-state index in [1.165, 1.54) is 4.31 Å². The van der Waals surface area contributed by atoms with Gasteiger partial charge in [-0.25, -0.2) is 13.6 Å². The van der Waals surface area contributed by atoms with E-state index in [4.69, 9.17) is 4.74 Å². The molecular formula is C15H22N2O4S. The second-order valence-electron chi connectivity index (χ2n) is 6.27. The van der Waals surface area contributed by atoms with Crippen molar-refractivity contribution >= 4 is 15.7 Å². The van der Waals surface area contributed by atoms with Gasteiger partial charge < -0.3 is 9.94 Å². The zero-order valence-electron chi connectivity index (χ0n) is 13.1. The van der Waals surface area contributed by atoms with Crippen molar-refractivity contribution in [2.24, 2.45) is 5.41 Å². The van der Waals surface area contributed by atoms with E-state index in [0.29, 0.717) is 37.6 Å². The zero-order valence-corrected chi connectivity index (χ0v) is 13.9. The first-order chi connectivity index (χ1) is 10.3. The predicted molar refractivity (Wildman–Crippen MR) is 83.9 cm³/mol. The van der Waals surface area contributed by atoms with Crippen molar-refractivity contribution in [3.8, 4) is 0 Å². The van der Waals surface area contributed by atoms with Crippen molar-refractivity contribution in [1.82, 2.24) is 4.31 Å². The molecule has 1 aliphatic rings. The predicted octanol–water partition coefficient (Wildman–Crippen LogP) is 0.121. The Morgan fingerprint density at radius 3 is 2.18 bits per heavy atom. The van der Waals surface area contributed by atoms with Gasteiger partial charge in [-0.05, 0) is 24.3 Å². The van der Waals surface area contributed by atoms with Crippen LogP contribution in [0.4, 0.5) is 0 Å². The summed E-state index contributed by atoms with van der Waals surface area (Å²) in [6.07, 6.45) is 0. The first-order valence-corrected chi connectivity index (χ1v) is 8.65. The fourth-order valence-corrected chi connectivity index (χ4v) is 3.78. The van der Waals surface area contributed by atoms with Crippen LogP contribution >= 0.6 is 0 Å². The second-order valence-corrected chi connectivity index (χ2v) is 8.21. The summed E-state index contributed by atoms with van der Waals surface area (Å²) in [6.45, 7) is 7.33. The summed E-state index contributed by atoms with van der Waals surface area (Å²) < 4.78 is 31.6. The van der Waals surface area contributed by atoms with Crippen molar-refractivity contribution in [2.75, 3.05) is 26.3 Å². The van der Waals surface area contributed by atoms with E-state index < -0.39 is 10.0 Å².